The number of aliphatic hydroxyl groups is 1. The van der Waals surface area contributed by atoms with Crippen LogP contribution in [0.5, 0.6) is 11.5 Å². The summed E-state index contributed by atoms with van der Waals surface area (Å²) >= 11 is 6.16. The van der Waals surface area contributed by atoms with Crippen molar-refractivity contribution in [1.29, 1.82) is 0 Å². The number of benzene rings is 2. The smallest absolute Gasteiger partial charge is 0.120 e. The number of halogens is 1. The number of rotatable bonds is 4. The SMILES string of the molecule is Cc1cc(N(CCO)c2ccc(O)cc2Cl)c(N)cc1O. The minimum Gasteiger partial charge on any atom is -0.508 e. The standard InChI is InChI=1S/C15H17ClN2O3/c1-9-6-14(12(17)8-15(9)21)18(4-5-19)13-3-2-10(20)7-11(13)16/h2-3,6-8,19-21H,4-5,17H2,1H3. The predicted molar refractivity (Wildman–Crippen MR) is 84.5 cm³/mol. The van der Waals surface area contributed by atoms with E-state index in [4.69, 9.17) is 17.3 Å². The fourth-order valence-corrected chi connectivity index (χ4v) is 2.39. The van der Waals surface area contributed by atoms with E-state index in [9.17, 15) is 15.3 Å². The van der Waals surface area contributed by atoms with Crippen LogP contribution in [0.15, 0.2) is 30.3 Å². The maximum atomic E-state index is 9.69. The zero-order valence-electron chi connectivity index (χ0n) is 11.5. The maximum absolute atomic E-state index is 9.69. The number of nitrogens with zero attached hydrogens (tertiary/aromatic N) is 1. The van der Waals surface area contributed by atoms with E-state index in [0.717, 1.165) is 0 Å². The van der Waals surface area contributed by atoms with E-state index in [2.05, 4.69) is 0 Å². The van der Waals surface area contributed by atoms with E-state index in [1.807, 2.05) is 0 Å². The molecular weight excluding hydrogens is 292 g/mol. The molecule has 0 heterocycles. The molecule has 0 aliphatic rings. The van der Waals surface area contributed by atoms with Gasteiger partial charge in [0.05, 0.1) is 28.7 Å². The van der Waals surface area contributed by atoms with E-state index in [1.165, 1.54) is 18.2 Å². The molecule has 5 N–H and O–H groups in total. The highest BCUT2D eigenvalue weighted by Crippen LogP contribution is 2.38. The Morgan fingerprint density at radius 2 is 1.86 bits per heavy atom. The van der Waals surface area contributed by atoms with Crippen molar-refractivity contribution in [3.63, 3.8) is 0 Å². The number of hydrogen-bond acceptors (Lipinski definition) is 5. The van der Waals surface area contributed by atoms with Crippen molar-refractivity contribution in [2.24, 2.45) is 0 Å². The van der Waals surface area contributed by atoms with E-state index in [0.29, 0.717) is 27.6 Å². The van der Waals surface area contributed by atoms with Crippen LogP contribution in [-0.4, -0.2) is 28.5 Å². The van der Waals surface area contributed by atoms with Gasteiger partial charge >= 0.3 is 0 Å². The average molecular weight is 309 g/mol. The van der Waals surface area contributed by atoms with Crippen molar-refractivity contribution in [1.82, 2.24) is 0 Å². The van der Waals surface area contributed by atoms with Crippen molar-refractivity contribution in [3.05, 3.63) is 40.9 Å². The second kappa shape index (κ2) is 6.11. The van der Waals surface area contributed by atoms with E-state index < -0.39 is 0 Å². The number of hydrogen-bond donors (Lipinski definition) is 4. The first kappa shape index (κ1) is 15.3. The van der Waals surface area contributed by atoms with Gasteiger partial charge in [-0.05, 0) is 30.7 Å². The first-order chi connectivity index (χ1) is 9.93. The summed E-state index contributed by atoms with van der Waals surface area (Å²) in [5.74, 6) is 0.166. The summed E-state index contributed by atoms with van der Waals surface area (Å²) in [6, 6.07) is 7.77. The summed E-state index contributed by atoms with van der Waals surface area (Å²) in [5.41, 5.74) is 8.24. The molecule has 0 aliphatic heterocycles. The first-order valence-electron chi connectivity index (χ1n) is 6.40. The van der Waals surface area contributed by atoms with Crippen LogP contribution in [0.25, 0.3) is 0 Å². The third-order valence-corrected chi connectivity index (χ3v) is 3.48. The number of nitrogen functional groups attached to an aromatic ring is 1. The van der Waals surface area contributed by atoms with Crippen molar-refractivity contribution >= 4 is 28.7 Å². The molecule has 0 fully saturated rings. The van der Waals surface area contributed by atoms with Crippen LogP contribution in [0.2, 0.25) is 5.02 Å². The second-order valence-electron chi connectivity index (χ2n) is 4.71. The molecule has 0 aliphatic carbocycles. The summed E-state index contributed by atoms with van der Waals surface area (Å²) in [5, 5.41) is 28.8. The molecule has 5 nitrogen and oxygen atoms in total. The molecule has 112 valence electrons. The highest BCUT2D eigenvalue weighted by Gasteiger charge is 2.16. The monoisotopic (exact) mass is 308 g/mol. The van der Waals surface area contributed by atoms with Gasteiger partial charge in [-0.3, -0.25) is 0 Å². The van der Waals surface area contributed by atoms with Gasteiger partial charge in [0.25, 0.3) is 0 Å². The molecule has 6 heteroatoms. The fraction of sp³-hybridized carbons (Fsp3) is 0.200. The van der Waals surface area contributed by atoms with Crippen molar-refractivity contribution in [2.75, 3.05) is 23.8 Å². The third-order valence-electron chi connectivity index (χ3n) is 3.18. The molecule has 0 radical (unpaired) electrons. The zero-order chi connectivity index (χ0) is 15.6. The van der Waals surface area contributed by atoms with Crippen molar-refractivity contribution < 1.29 is 15.3 Å². The molecule has 0 atom stereocenters. The van der Waals surface area contributed by atoms with Gasteiger partial charge in [-0.2, -0.15) is 0 Å². The van der Waals surface area contributed by atoms with Gasteiger partial charge < -0.3 is 26.0 Å². The lowest BCUT2D eigenvalue weighted by Crippen LogP contribution is -2.22. The predicted octanol–water partition coefficient (Wildman–Crippen LogP) is 2.77. The normalized spacial score (nSPS) is 10.6. The van der Waals surface area contributed by atoms with Gasteiger partial charge in [0.15, 0.2) is 0 Å². The second-order valence-corrected chi connectivity index (χ2v) is 5.12. The Morgan fingerprint density at radius 3 is 2.48 bits per heavy atom. The number of anilines is 3. The summed E-state index contributed by atoms with van der Waals surface area (Å²) in [6.45, 7) is 1.93. The number of aryl methyl sites for hydroxylation is 1. The van der Waals surface area contributed by atoms with Gasteiger partial charge in [-0.25, -0.2) is 0 Å². The molecule has 21 heavy (non-hydrogen) atoms. The number of aliphatic hydroxyl groups excluding tert-OH is 1. The molecule has 0 amide bonds. The largest absolute Gasteiger partial charge is 0.508 e. The molecule has 0 bridgehead atoms. The van der Waals surface area contributed by atoms with Gasteiger partial charge in [-0.1, -0.05) is 11.6 Å². The number of phenols is 2. The van der Waals surface area contributed by atoms with Crippen LogP contribution in [-0.2, 0) is 0 Å². The Morgan fingerprint density at radius 1 is 1.14 bits per heavy atom. The molecule has 2 aromatic carbocycles. The summed E-state index contributed by atoms with van der Waals surface area (Å²) in [7, 11) is 0. The Kier molecular flexibility index (Phi) is 4.45. The lowest BCUT2D eigenvalue weighted by Gasteiger charge is -2.27. The maximum Gasteiger partial charge on any atom is 0.120 e. The average Bonchev–Trinajstić information content (AvgIpc) is 2.41. The molecule has 0 saturated heterocycles. The van der Waals surface area contributed by atoms with E-state index in [1.54, 1.807) is 24.0 Å². The summed E-state index contributed by atoms with van der Waals surface area (Å²) in [6.07, 6.45) is 0. The van der Waals surface area contributed by atoms with Gasteiger partial charge in [0.2, 0.25) is 0 Å². The summed E-state index contributed by atoms with van der Waals surface area (Å²) in [4.78, 5) is 1.74. The van der Waals surface area contributed by atoms with Crippen LogP contribution < -0.4 is 10.6 Å². The number of nitrogens with two attached hydrogens (primary N) is 1. The molecule has 0 spiro atoms. The number of aromatic hydroxyl groups is 2. The Balaban J connectivity index is 2.55. The van der Waals surface area contributed by atoms with Crippen LogP contribution in [0.3, 0.4) is 0 Å². The minimum atomic E-state index is -0.101. The quantitative estimate of drug-likeness (QED) is 0.652. The minimum absolute atomic E-state index is 0.0579. The Labute approximate surface area is 127 Å². The van der Waals surface area contributed by atoms with E-state index >= 15 is 0 Å². The van der Waals surface area contributed by atoms with Crippen molar-refractivity contribution in [3.8, 4) is 11.5 Å². The van der Waals surface area contributed by atoms with Crippen LogP contribution >= 0.6 is 11.6 Å². The van der Waals surface area contributed by atoms with Gasteiger partial charge in [0, 0.05) is 18.7 Å². The fourth-order valence-electron chi connectivity index (χ4n) is 2.12. The van der Waals surface area contributed by atoms with Crippen LogP contribution in [0.4, 0.5) is 17.1 Å². The zero-order valence-corrected chi connectivity index (χ0v) is 12.3. The van der Waals surface area contributed by atoms with E-state index in [-0.39, 0.29) is 24.7 Å². The Bertz CT molecular complexity index is 662. The van der Waals surface area contributed by atoms with Crippen LogP contribution in [0, 0.1) is 6.92 Å². The van der Waals surface area contributed by atoms with Crippen molar-refractivity contribution in [2.45, 2.75) is 6.92 Å². The lowest BCUT2D eigenvalue weighted by molar-refractivity contribution is 0.305. The Hall–Kier alpha value is -2.11. The molecule has 0 aromatic heterocycles. The molecule has 0 unspecified atom stereocenters. The molecule has 0 saturated carbocycles. The van der Waals surface area contributed by atoms with Crippen LogP contribution in [0.1, 0.15) is 5.56 Å². The molecular formula is C15H17ClN2O3. The highest BCUT2D eigenvalue weighted by molar-refractivity contribution is 6.33. The first-order valence-corrected chi connectivity index (χ1v) is 6.78. The topological polar surface area (TPSA) is 90.0 Å². The third kappa shape index (κ3) is 3.15. The lowest BCUT2D eigenvalue weighted by atomic mass is 10.1. The summed E-state index contributed by atoms with van der Waals surface area (Å²) < 4.78 is 0. The van der Waals surface area contributed by atoms with Gasteiger partial charge in [0.1, 0.15) is 11.5 Å². The molecule has 2 aromatic rings. The molecule has 2 rings (SSSR count). The highest BCUT2D eigenvalue weighted by atomic mass is 35.5. The number of phenolic OH excluding ortho intramolecular Hbond substituents is 2. The van der Waals surface area contributed by atoms with Gasteiger partial charge in [-0.15, -0.1) is 0 Å².